The van der Waals surface area contributed by atoms with E-state index in [4.69, 9.17) is 16.3 Å². The number of ether oxygens (including phenoxy) is 1. The van der Waals surface area contributed by atoms with Gasteiger partial charge in [-0.2, -0.15) is 0 Å². The van der Waals surface area contributed by atoms with E-state index in [1.807, 2.05) is 12.1 Å². The third kappa shape index (κ3) is 4.34. The van der Waals surface area contributed by atoms with Crippen molar-refractivity contribution in [1.82, 2.24) is 5.32 Å². The van der Waals surface area contributed by atoms with Crippen LogP contribution in [0.1, 0.15) is 25.3 Å². The Bertz CT molecular complexity index is 365. The minimum absolute atomic E-state index is 0. The maximum absolute atomic E-state index is 6.08. The molecule has 0 saturated carbocycles. The van der Waals surface area contributed by atoms with Gasteiger partial charge < -0.3 is 10.1 Å². The fraction of sp³-hybridized carbons (Fsp3) is 0.571. The summed E-state index contributed by atoms with van der Waals surface area (Å²) in [5, 5.41) is 4.20. The van der Waals surface area contributed by atoms with Crippen LogP contribution >= 0.6 is 24.0 Å². The maximum atomic E-state index is 6.08. The van der Waals surface area contributed by atoms with Gasteiger partial charge in [0.2, 0.25) is 0 Å². The largest absolute Gasteiger partial charge is 0.493 e. The summed E-state index contributed by atoms with van der Waals surface area (Å²) in [4.78, 5) is 0. The number of nitrogens with one attached hydrogen (secondary N) is 1. The zero-order valence-electron chi connectivity index (χ0n) is 10.7. The number of hydrogen-bond acceptors (Lipinski definition) is 2. The van der Waals surface area contributed by atoms with E-state index in [-0.39, 0.29) is 12.4 Å². The predicted molar refractivity (Wildman–Crippen MR) is 79.2 cm³/mol. The summed E-state index contributed by atoms with van der Waals surface area (Å²) in [5.41, 5.74) is 1.16. The SMILES string of the molecule is CCc1cc(OCC2CCNCC2)ccc1Cl.Cl. The van der Waals surface area contributed by atoms with Crippen LogP contribution in [0.25, 0.3) is 0 Å². The molecule has 0 bridgehead atoms. The minimum atomic E-state index is 0. The van der Waals surface area contributed by atoms with E-state index in [0.717, 1.165) is 42.5 Å². The van der Waals surface area contributed by atoms with Gasteiger partial charge in [-0.3, -0.25) is 0 Å². The highest BCUT2D eigenvalue weighted by atomic mass is 35.5. The second-order valence-electron chi connectivity index (χ2n) is 4.61. The molecule has 4 heteroatoms. The van der Waals surface area contributed by atoms with Gasteiger partial charge in [0.1, 0.15) is 5.75 Å². The van der Waals surface area contributed by atoms with Gasteiger partial charge in [-0.1, -0.05) is 18.5 Å². The molecule has 0 aromatic heterocycles. The molecule has 0 aliphatic carbocycles. The Morgan fingerprint density at radius 2 is 2.06 bits per heavy atom. The van der Waals surface area contributed by atoms with E-state index in [0.29, 0.717) is 5.92 Å². The summed E-state index contributed by atoms with van der Waals surface area (Å²) in [5.74, 6) is 1.64. The Hall–Kier alpha value is -0.440. The van der Waals surface area contributed by atoms with Crippen LogP contribution in [0.3, 0.4) is 0 Å². The lowest BCUT2D eigenvalue weighted by molar-refractivity contribution is 0.215. The Balaban J connectivity index is 0.00000162. The van der Waals surface area contributed by atoms with Crippen molar-refractivity contribution >= 4 is 24.0 Å². The van der Waals surface area contributed by atoms with Gasteiger partial charge >= 0.3 is 0 Å². The molecule has 1 N–H and O–H groups in total. The first-order valence-corrected chi connectivity index (χ1v) is 6.79. The summed E-state index contributed by atoms with van der Waals surface area (Å²) >= 11 is 6.08. The Morgan fingerprint density at radius 1 is 1.33 bits per heavy atom. The lowest BCUT2D eigenvalue weighted by Crippen LogP contribution is -2.30. The average molecular weight is 290 g/mol. The summed E-state index contributed by atoms with van der Waals surface area (Å²) in [6.07, 6.45) is 3.38. The van der Waals surface area contributed by atoms with Crippen molar-refractivity contribution in [3.63, 3.8) is 0 Å². The lowest BCUT2D eigenvalue weighted by Gasteiger charge is -2.22. The van der Waals surface area contributed by atoms with Crippen molar-refractivity contribution in [3.8, 4) is 5.75 Å². The number of aryl methyl sites for hydroxylation is 1. The van der Waals surface area contributed by atoms with Crippen LogP contribution in [0.2, 0.25) is 5.02 Å². The van der Waals surface area contributed by atoms with E-state index in [2.05, 4.69) is 18.3 Å². The molecule has 2 nitrogen and oxygen atoms in total. The Labute approximate surface area is 120 Å². The Kier molecular flexibility index (Phi) is 6.83. The zero-order valence-corrected chi connectivity index (χ0v) is 12.3. The van der Waals surface area contributed by atoms with Crippen LogP contribution < -0.4 is 10.1 Å². The first-order chi connectivity index (χ1) is 8.29. The van der Waals surface area contributed by atoms with Crippen LogP contribution in [0.5, 0.6) is 5.75 Å². The van der Waals surface area contributed by atoms with Gasteiger partial charge in [0.05, 0.1) is 6.61 Å². The molecule has 2 rings (SSSR count). The van der Waals surface area contributed by atoms with Gasteiger partial charge in [0.25, 0.3) is 0 Å². The van der Waals surface area contributed by atoms with Crippen LogP contribution in [-0.4, -0.2) is 19.7 Å². The molecule has 1 aliphatic heterocycles. The minimum Gasteiger partial charge on any atom is -0.493 e. The second-order valence-corrected chi connectivity index (χ2v) is 5.02. The fourth-order valence-electron chi connectivity index (χ4n) is 2.17. The molecule has 0 spiro atoms. The van der Waals surface area contributed by atoms with E-state index < -0.39 is 0 Å². The summed E-state index contributed by atoms with van der Waals surface area (Å²) in [6.45, 7) is 5.17. The van der Waals surface area contributed by atoms with Gasteiger partial charge in [-0.25, -0.2) is 0 Å². The standard InChI is InChI=1S/C14H20ClNO.ClH/c1-2-12-9-13(3-4-14(12)15)17-10-11-5-7-16-8-6-11;/h3-4,9,11,16H,2,5-8,10H2,1H3;1H. The monoisotopic (exact) mass is 289 g/mol. The molecule has 1 fully saturated rings. The second kappa shape index (κ2) is 7.88. The van der Waals surface area contributed by atoms with Crippen molar-refractivity contribution in [2.75, 3.05) is 19.7 Å². The van der Waals surface area contributed by atoms with E-state index in [1.54, 1.807) is 0 Å². The van der Waals surface area contributed by atoms with Gasteiger partial charge in [-0.05, 0) is 62.0 Å². The van der Waals surface area contributed by atoms with Crippen molar-refractivity contribution in [2.45, 2.75) is 26.2 Å². The lowest BCUT2D eigenvalue weighted by atomic mass is 9.99. The third-order valence-electron chi connectivity index (χ3n) is 3.34. The molecule has 1 aromatic carbocycles. The number of piperidine rings is 1. The molecule has 102 valence electrons. The van der Waals surface area contributed by atoms with Crippen LogP contribution in [0, 0.1) is 5.92 Å². The normalized spacial score (nSPS) is 16.1. The third-order valence-corrected chi connectivity index (χ3v) is 3.71. The quantitative estimate of drug-likeness (QED) is 0.913. The van der Waals surface area contributed by atoms with Crippen LogP contribution in [0.15, 0.2) is 18.2 Å². The van der Waals surface area contributed by atoms with Crippen LogP contribution in [-0.2, 0) is 6.42 Å². The molecule has 0 radical (unpaired) electrons. The summed E-state index contributed by atoms with van der Waals surface area (Å²) < 4.78 is 5.86. The highest BCUT2D eigenvalue weighted by Crippen LogP contribution is 2.23. The Morgan fingerprint density at radius 3 is 2.72 bits per heavy atom. The smallest absolute Gasteiger partial charge is 0.119 e. The topological polar surface area (TPSA) is 21.3 Å². The van der Waals surface area contributed by atoms with Gasteiger partial charge in [0, 0.05) is 5.02 Å². The molecule has 18 heavy (non-hydrogen) atoms. The van der Waals surface area contributed by atoms with Gasteiger partial charge in [0.15, 0.2) is 0 Å². The predicted octanol–water partition coefficient (Wildman–Crippen LogP) is 3.70. The molecule has 1 heterocycles. The van der Waals surface area contributed by atoms with E-state index >= 15 is 0 Å². The van der Waals surface area contributed by atoms with Crippen molar-refractivity contribution in [3.05, 3.63) is 28.8 Å². The van der Waals surface area contributed by atoms with Crippen molar-refractivity contribution < 1.29 is 4.74 Å². The van der Waals surface area contributed by atoms with E-state index in [9.17, 15) is 0 Å². The van der Waals surface area contributed by atoms with Crippen LogP contribution in [0.4, 0.5) is 0 Å². The molecular weight excluding hydrogens is 269 g/mol. The molecule has 0 amide bonds. The molecule has 1 saturated heterocycles. The number of halogens is 2. The molecule has 0 atom stereocenters. The molecule has 0 unspecified atom stereocenters. The summed E-state index contributed by atoms with van der Waals surface area (Å²) in [7, 11) is 0. The summed E-state index contributed by atoms with van der Waals surface area (Å²) in [6, 6.07) is 5.95. The number of rotatable bonds is 4. The molecule has 1 aliphatic rings. The average Bonchev–Trinajstić information content (AvgIpc) is 2.39. The first-order valence-electron chi connectivity index (χ1n) is 6.41. The fourth-order valence-corrected chi connectivity index (χ4v) is 2.43. The first kappa shape index (κ1) is 15.6. The highest BCUT2D eigenvalue weighted by Gasteiger charge is 2.13. The zero-order chi connectivity index (χ0) is 12.1. The van der Waals surface area contributed by atoms with Crippen molar-refractivity contribution in [1.29, 1.82) is 0 Å². The molecular formula is C14H21Cl2NO. The number of hydrogen-bond donors (Lipinski definition) is 1. The highest BCUT2D eigenvalue weighted by molar-refractivity contribution is 6.31. The van der Waals surface area contributed by atoms with Gasteiger partial charge in [-0.15, -0.1) is 12.4 Å². The molecule has 1 aromatic rings. The van der Waals surface area contributed by atoms with Crippen molar-refractivity contribution in [2.24, 2.45) is 5.92 Å². The number of benzene rings is 1. The maximum Gasteiger partial charge on any atom is 0.119 e. The van der Waals surface area contributed by atoms with E-state index in [1.165, 1.54) is 12.8 Å².